The van der Waals surface area contributed by atoms with Crippen molar-refractivity contribution < 1.29 is 4.79 Å². The third-order valence-electron chi connectivity index (χ3n) is 7.08. The summed E-state index contributed by atoms with van der Waals surface area (Å²) < 4.78 is 0. The molecule has 2 fully saturated rings. The number of rotatable bonds is 6. The van der Waals surface area contributed by atoms with Crippen LogP contribution in [0.1, 0.15) is 75.3 Å². The molecule has 0 saturated carbocycles. The molecule has 0 spiro atoms. The Bertz CT molecular complexity index is 745. The summed E-state index contributed by atoms with van der Waals surface area (Å²) in [5.41, 5.74) is 4.83. The lowest BCUT2D eigenvalue weighted by Crippen LogP contribution is -2.29. The molecule has 0 radical (unpaired) electrons. The number of benzene rings is 2. The van der Waals surface area contributed by atoms with Crippen molar-refractivity contribution in [2.45, 2.75) is 64.2 Å². The summed E-state index contributed by atoms with van der Waals surface area (Å²) >= 11 is 0. The Morgan fingerprint density at radius 2 is 0.933 bits per heavy atom. The molecule has 4 rings (SSSR count). The number of Topliss-reactive ketones (excluding diaryl/α,β-unsaturated/α-hetero) is 1. The van der Waals surface area contributed by atoms with Crippen molar-refractivity contribution in [3.63, 3.8) is 0 Å². The summed E-state index contributed by atoms with van der Waals surface area (Å²) in [4.78, 5) is 18.1. The molecule has 2 heterocycles. The molecule has 30 heavy (non-hydrogen) atoms. The van der Waals surface area contributed by atoms with Crippen LogP contribution < -0.4 is 9.80 Å². The van der Waals surface area contributed by atoms with Gasteiger partial charge in [-0.1, -0.05) is 38.1 Å². The highest BCUT2D eigenvalue weighted by Gasteiger charge is 2.23. The molecular formula is C27H36N2O. The molecule has 0 bridgehead atoms. The molecule has 2 aliphatic heterocycles. The Morgan fingerprint density at radius 3 is 1.27 bits per heavy atom. The van der Waals surface area contributed by atoms with Crippen LogP contribution in [0.25, 0.3) is 0 Å². The maximum absolute atomic E-state index is 13.2. The normalized spacial score (nSPS) is 19.4. The lowest BCUT2D eigenvalue weighted by atomic mass is 9.85. The summed E-state index contributed by atoms with van der Waals surface area (Å²) in [7, 11) is 0. The second-order valence-corrected chi connectivity index (χ2v) is 9.12. The van der Waals surface area contributed by atoms with E-state index in [2.05, 4.69) is 72.2 Å². The van der Waals surface area contributed by atoms with Gasteiger partial charge in [0, 0.05) is 49.4 Å². The van der Waals surface area contributed by atoms with Crippen LogP contribution in [0.2, 0.25) is 0 Å². The van der Waals surface area contributed by atoms with Crippen molar-refractivity contribution >= 4 is 17.2 Å². The molecule has 0 aromatic heterocycles. The molecule has 0 amide bonds. The second kappa shape index (κ2) is 9.68. The molecule has 0 N–H and O–H groups in total. The Kier molecular flexibility index (Phi) is 6.76. The minimum absolute atomic E-state index is 0.0859. The third-order valence-corrected chi connectivity index (χ3v) is 7.08. The molecule has 2 aromatic carbocycles. The summed E-state index contributed by atoms with van der Waals surface area (Å²) in [5, 5.41) is 0. The average molecular weight is 405 g/mol. The molecule has 2 aliphatic rings. The summed E-state index contributed by atoms with van der Waals surface area (Å²) in [6.07, 6.45) is 7.82. The van der Waals surface area contributed by atoms with Gasteiger partial charge in [0.05, 0.1) is 0 Å². The predicted octanol–water partition coefficient (Wildman–Crippen LogP) is 6.14. The van der Waals surface area contributed by atoms with Crippen molar-refractivity contribution in [1.29, 1.82) is 0 Å². The van der Waals surface area contributed by atoms with Crippen molar-refractivity contribution in [3.05, 3.63) is 59.7 Å². The quantitative estimate of drug-likeness (QED) is 0.577. The molecule has 0 aliphatic carbocycles. The van der Waals surface area contributed by atoms with E-state index in [0.717, 1.165) is 37.3 Å². The van der Waals surface area contributed by atoms with E-state index < -0.39 is 0 Å². The Hall–Kier alpha value is -2.29. The van der Waals surface area contributed by atoms with E-state index in [1.165, 1.54) is 49.9 Å². The van der Waals surface area contributed by atoms with Crippen molar-refractivity contribution in [2.24, 2.45) is 0 Å². The highest BCUT2D eigenvalue weighted by molar-refractivity contribution is 5.91. The number of hydrogen-bond donors (Lipinski definition) is 0. The van der Waals surface area contributed by atoms with Crippen LogP contribution in [-0.4, -0.2) is 32.0 Å². The van der Waals surface area contributed by atoms with Crippen molar-refractivity contribution in [2.75, 3.05) is 36.0 Å². The Morgan fingerprint density at radius 1 is 0.600 bits per heavy atom. The number of piperidine rings is 2. The number of anilines is 2. The zero-order valence-corrected chi connectivity index (χ0v) is 18.6. The van der Waals surface area contributed by atoms with E-state index in [9.17, 15) is 4.79 Å². The summed E-state index contributed by atoms with van der Waals surface area (Å²) in [5.74, 6) is 0.126. The Labute approximate surface area is 182 Å². The highest BCUT2D eigenvalue weighted by atomic mass is 16.1. The second-order valence-electron chi connectivity index (χ2n) is 9.12. The highest BCUT2D eigenvalue weighted by Crippen LogP contribution is 2.30. The van der Waals surface area contributed by atoms with Gasteiger partial charge in [-0.2, -0.15) is 0 Å². The molecule has 3 nitrogen and oxygen atoms in total. The van der Waals surface area contributed by atoms with Gasteiger partial charge in [0.1, 0.15) is 5.78 Å². The standard InChI is InChI=1S/C27H36N2O/c1-21(23-9-13-25(14-10-23)28-17-5-3-6-18-28)27(30)22(2)24-11-15-26(16-12-24)29-19-7-4-8-20-29/h9-16,21-22H,3-8,17-20H2,1-2H3. The van der Waals surface area contributed by atoms with Gasteiger partial charge in [0.2, 0.25) is 0 Å². The Balaban J connectivity index is 1.40. The number of hydrogen-bond acceptors (Lipinski definition) is 3. The average Bonchev–Trinajstić information content (AvgIpc) is 2.84. The van der Waals surface area contributed by atoms with Gasteiger partial charge in [0.25, 0.3) is 0 Å². The number of ketones is 1. The van der Waals surface area contributed by atoms with Gasteiger partial charge < -0.3 is 9.80 Å². The van der Waals surface area contributed by atoms with Crippen LogP contribution in [0.4, 0.5) is 11.4 Å². The number of carbonyl (C=O) groups excluding carboxylic acids is 1. The zero-order chi connectivity index (χ0) is 20.9. The molecule has 2 saturated heterocycles. The molecule has 2 unspecified atom stereocenters. The lowest BCUT2D eigenvalue weighted by Gasteiger charge is -2.29. The number of nitrogens with zero attached hydrogens (tertiary/aromatic N) is 2. The van der Waals surface area contributed by atoms with Gasteiger partial charge in [0.15, 0.2) is 0 Å². The third kappa shape index (κ3) is 4.71. The fourth-order valence-corrected chi connectivity index (χ4v) is 4.96. The first-order valence-corrected chi connectivity index (χ1v) is 11.9. The smallest absolute Gasteiger partial charge is 0.147 e. The van der Waals surface area contributed by atoms with Crippen LogP contribution in [0.15, 0.2) is 48.5 Å². The molecular weight excluding hydrogens is 368 g/mol. The van der Waals surface area contributed by atoms with E-state index in [1.54, 1.807) is 0 Å². The lowest BCUT2D eigenvalue weighted by molar-refractivity contribution is -0.121. The van der Waals surface area contributed by atoms with Crippen LogP contribution in [0.5, 0.6) is 0 Å². The minimum Gasteiger partial charge on any atom is -0.372 e. The first-order chi connectivity index (χ1) is 14.6. The van der Waals surface area contributed by atoms with E-state index in [0.29, 0.717) is 5.78 Å². The first kappa shape index (κ1) is 21.0. The monoisotopic (exact) mass is 404 g/mol. The van der Waals surface area contributed by atoms with E-state index in [-0.39, 0.29) is 11.8 Å². The summed E-state index contributed by atoms with van der Waals surface area (Å²) in [6.45, 7) is 8.71. The predicted molar refractivity (Wildman–Crippen MR) is 127 cm³/mol. The molecule has 3 heteroatoms. The van der Waals surface area contributed by atoms with Crippen LogP contribution in [-0.2, 0) is 4.79 Å². The van der Waals surface area contributed by atoms with Crippen LogP contribution in [0, 0.1) is 0 Å². The van der Waals surface area contributed by atoms with Gasteiger partial charge in [-0.05, 0) is 73.9 Å². The largest absolute Gasteiger partial charge is 0.372 e. The molecule has 2 aromatic rings. The molecule has 160 valence electrons. The fourth-order valence-electron chi connectivity index (χ4n) is 4.96. The topological polar surface area (TPSA) is 23.6 Å². The van der Waals surface area contributed by atoms with Gasteiger partial charge in [-0.25, -0.2) is 0 Å². The van der Waals surface area contributed by atoms with Crippen molar-refractivity contribution in [1.82, 2.24) is 0 Å². The van der Waals surface area contributed by atoms with Crippen LogP contribution >= 0.6 is 0 Å². The van der Waals surface area contributed by atoms with Crippen LogP contribution in [0.3, 0.4) is 0 Å². The maximum atomic E-state index is 13.2. The zero-order valence-electron chi connectivity index (χ0n) is 18.6. The fraction of sp³-hybridized carbons (Fsp3) is 0.519. The van der Waals surface area contributed by atoms with E-state index in [1.807, 2.05) is 0 Å². The minimum atomic E-state index is -0.0859. The van der Waals surface area contributed by atoms with Gasteiger partial charge in [-0.15, -0.1) is 0 Å². The van der Waals surface area contributed by atoms with Crippen molar-refractivity contribution in [3.8, 4) is 0 Å². The number of carbonyl (C=O) groups is 1. The SMILES string of the molecule is CC(C(=O)C(C)c1ccc(N2CCCCC2)cc1)c1ccc(N2CCCCC2)cc1. The first-order valence-electron chi connectivity index (χ1n) is 11.9. The summed E-state index contributed by atoms with van der Waals surface area (Å²) in [6, 6.07) is 17.4. The van der Waals surface area contributed by atoms with Gasteiger partial charge in [-0.3, -0.25) is 4.79 Å². The van der Waals surface area contributed by atoms with E-state index >= 15 is 0 Å². The molecule has 2 atom stereocenters. The maximum Gasteiger partial charge on any atom is 0.147 e. The van der Waals surface area contributed by atoms with E-state index in [4.69, 9.17) is 0 Å². The van der Waals surface area contributed by atoms with Gasteiger partial charge >= 0.3 is 0 Å².